The molecule has 0 spiro atoms. The average molecular weight is 488 g/mol. The largest absolute Gasteiger partial charge is 0.396 e. The molecule has 0 aliphatic heterocycles. The standard InChI is InChI=1S/C22H19ClFN5O3S/c23-12-1-2-16(24)15(7-12)17-9-18(20(29-28-17)33-6-5-30)27-13-3-4-26-19(8-13)22(21(25)32)10-14(31)11-22/h1-4,7-9,30H,5-6,10-11H2,(H2,25,32)(H,26,27,28). The van der Waals surface area contributed by atoms with Gasteiger partial charge in [0.1, 0.15) is 22.0 Å². The molecule has 0 bridgehead atoms. The number of hydrogen-bond acceptors (Lipinski definition) is 8. The summed E-state index contributed by atoms with van der Waals surface area (Å²) in [4.78, 5) is 27.9. The average Bonchev–Trinajstić information content (AvgIpc) is 2.77. The van der Waals surface area contributed by atoms with Crippen LogP contribution in [0.1, 0.15) is 18.5 Å². The summed E-state index contributed by atoms with van der Waals surface area (Å²) in [5.74, 6) is -0.777. The van der Waals surface area contributed by atoms with Gasteiger partial charge in [-0.25, -0.2) is 4.39 Å². The minimum absolute atomic E-state index is 0.0192. The van der Waals surface area contributed by atoms with Crippen molar-refractivity contribution >= 4 is 46.4 Å². The monoisotopic (exact) mass is 487 g/mol. The number of rotatable bonds is 8. The van der Waals surface area contributed by atoms with Crippen molar-refractivity contribution in [1.29, 1.82) is 0 Å². The molecule has 1 aromatic carbocycles. The molecule has 8 nitrogen and oxygen atoms in total. The Morgan fingerprint density at radius 2 is 2.03 bits per heavy atom. The number of primary amides is 1. The molecular weight excluding hydrogens is 469 g/mol. The van der Waals surface area contributed by atoms with E-state index in [0.29, 0.717) is 32.9 Å². The van der Waals surface area contributed by atoms with Crippen molar-refractivity contribution in [2.24, 2.45) is 5.73 Å². The molecule has 3 aromatic rings. The number of pyridine rings is 1. The maximum atomic E-state index is 14.4. The van der Waals surface area contributed by atoms with E-state index in [1.54, 1.807) is 18.2 Å². The molecule has 4 rings (SSSR count). The zero-order valence-electron chi connectivity index (χ0n) is 17.2. The maximum absolute atomic E-state index is 14.4. The number of carbonyl (C=O) groups excluding carboxylic acids is 2. The molecule has 0 unspecified atom stereocenters. The van der Waals surface area contributed by atoms with Gasteiger partial charge in [-0.2, -0.15) is 0 Å². The number of Topliss-reactive ketones (excluding diaryl/α,β-unsaturated/α-hetero) is 1. The lowest BCUT2D eigenvalue weighted by atomic mass is 9.65. The van der Waals surface area contributed by atoms with E-state index in [2.05, 4.69) is 20.5 Å². The minimum Gasteiger partial charge on any atom is -0.396 e. The molecule has 4 N–H and O–H groups in total. The third kappa shape index (κ3) is 4.68. The quantitative estimate of drug-likeness (QED) is 0.413. The van der Waals surface area contributed by atoms with Crippen LogP contribution in [0.3, 0.4) is 0 Å². The molecule has 1 aliphatic rings. The first-order valence-electron chi connectivity index (χ1n) is 9.94. The van der Waals surface area contributed by atoms with Gasteiger partial charge in [0.05, 0.1) is 23.7 Å². The number of thioether (sulfide) groups is 1. The molecule has 2 aromatic heterocycles. The summed E-state index contributed by atoms with van der Waals surface area (Å²) in [6.45, 7) is -0.0645. The van der Waals surface area contributed by atoms with E-state index in [1.165, 1.54) is 36.2 Å². The van der Waals surface area contributed by atoms with Gasteiger partial charge in [-0.3, -0.25) is 14.6 Å². The molecule has 0 radical (unpaired) electrons. The van der Waals surface area contributed by atoms with Gasteiger partial charge in [-0.05, 0) is 36.4 Å². The normalized spacial score (nSPS) is 14.6. The van der Waals surface area contributed by atoms with Gasteiger partial charge in [-0.1, -0.05) is 11.6 Å². The topological polar surface area (TPSA) is 131 Å². The molecular formula is C22H19ClFN5O3S. The summed E-state index contributed by atoms with van der Waals surface area (Å²) in [5, 5.41) is 21.5. The first kappa shape index (κ1) is 23.1. The number of aliphatic hydroxyl groups excluding tert-OH is 1. The summed E-state index contributed by atoms with van der Waals surface area (Å²) in [6.07, 6.45) is 1.55. The number of anilines is 2. The van der Waals surface area contributed by atoms with E-state index in [9.17, 15) is 19.1 Å². The van der Waals surface area contributed by atoms with Crippen LogP contribution in [0.15, 0.2) is 47.6 Å². The first-order valence-corrected chi connectivity index (χ1v) is 11.3. The van der Waals surface area contributed by atoms with Gasteiger partial charge < -0.3 is 16.2 Å². The number of nitrogens with two attached hydrogens (primary N) is 1. The molecule has 170 valence electrons. The third-order valence-corrected chi connectivity index (χ3v) is 6.49. The van der Waals surface area contributed by atoms with Crippen LogP contribution >= 0.6 is 23.4 Å². The number of aliphatic hydroxyl groups is 1. The Kier molecular flexibility index (Phi) is 6.59. The Morgan fingerprint density at radius 3 is 2.73 bits per heavy atom. The highest BCUT2D eigenvalue weighted by Crippen LogP contribution is 2.41. The number of halogens is 2. The first-order chi connectivity index (χ1) is 15.8. The van der Waals surface area contributed by atoms with Gasteiger partial charge in [-0.15, -0.1) is 22.0 Å². The molecule has 0 saturated heterocycles. The maximum Gasteiger partial charge on any atom is 0.230 e. The summed E-state index contributed by atoms with van der Waals surface area (Å²) in [7, 11) is 0. The number of amides is 1. The minimum atomic E-state index is -1.12. The lowest BCUT2D eigenvalue weighted by molar-refractivity contribution is -0.139. The predicted molar refractivity (Wildman–Crippen MR) is 123 cm³/mol. The summed E-state index contributed by atoms with van der Waals surface area (Å²) >= 11 is 7.29. The van der Waals surface area contributed by atoms with Crippen LogP contribution in [0.5, 0.6) is 0 Å². The van der Waals surface area contributed by atoms with Crippen molar-refractivity contribution in [3.8, 4) is 11.3 Å². The van der Waals surface area contributed by atoms with Crippen LogP contribution < -0.4 is 11.1 Å². The Labute approximate surface area is 197 Å². The van der Waals surface area contributed by atoms with E-state index in [-0.39, 0.29) is 36.5 Å². The second kappa shape index (κ2) is 9.42. The summed E-state index contributed by atoms with van der Waals surface area (Å²) in [6, 6.07) is 9.10. The lowest BCUT2D eigenvalue weighted by Gasteiger charge is -2.36. The Morgan fingerprint density at radius 1 is 1.24 bits per heavy atom. The Balaban J connectivity index is 1.71. The molecule has 0 atom stereocenters. The Hall–Kier alpha value is -3.08. The number of benzene rings is 1. The highest BCUT2D eigenvalue weighted by Gasteiger charge is 2.51. The number of nitrogens with one attached hydrogen (secondary N) is 1. The molecule has 1 aliphatic carbocycles. The molecule has 1 fully saturated rings. The summed E-state index contributed by atoms with van der Waals surface area (Å²) < 4.78 is 14.4. The lowest BCUT2D eigenvalue weighted by Crippen LogP contribution is -2.52. The van der Waals surface area contributed by atoms with Crippen molar-refractivity contribution < 1.29 is 19.1 Å². The van der Waals surface area contributed by atoms with Crippen molar-refractivity contribution in [2.45, 2.75) is 23.3 Å². The fourth-order valence-electron chi connectivity index (χ4n) is 3.57. The summed E-state index contributed by atoms with van der Waals surface area (Å²) in [5.41, 5.74) is 6.38. The van der Waals surface area contributed by atoms with Gasteiger partial charge in [0, 0.05) is 41.1 Å². The van der Waals surface area contributed by atoms with Gasteiger partial charge in [0.2, 0.25) is 5.91 Å². The van der Waals surface area contributed by atoms with Crippen molar-refractivity contribution in [2.75, 3.05) is 17.7 Å². The highest BCUT2D eigenvalue weighted by atomic mass is 35.5. The number of nitrogens with zero attached hydrogens (tertiary/aromatic N) is 3. The zero-order valence-corrected chi connectivity index (χ0v) is 18.8. The molecule has 2 heterocycles. The SMILES string of the molecule is NC(=O)C1(c2cc(Nc3cc(-c4cc(Cl)ccc4F)nnc3SCCO)ccn2)CC(=O)C1. The third-order valence-electron chi connectivity index (χ3n) is 5.29. The van der Waals surface area contributed by atoms with Crippen LogP contribution in [0, 0.1) is 5.82 Å². The Bertz CT molecular complexity index is 1230. The smallest absolute Gasteiger partial charge is 0.230 e. The number of carbonyl (C=O) groups is 2. The molecule has 11 heteroatoms. The van der Waals surface area contributed by atoms with E-state index >= 15 is 0 Å². The van der Waals surface area contributed by atoms with E-state index in [0.717, 1.165) is 0 Å². The van der Waals surface area contributed by atoms with Crippen LogP contribution in [0.25, 0.3) is 11.3 Å². The van der Waals surface area contributed by atoms with Gasteiger partial charge in [0.15, 0.2) is 0 Å². The second-order valence-electron chi connectivity index (χ2n) is 7.54. The van der Waals surface area contributed by atoms with Crippen LogP contribution in [0.4, 0.5) is 15.8 Å². The fourth-order valence-corrected chi connectivity index (χ4v) is 4.39. The van der Waals surface area contributed by atoms with Crippen molar-refractivity contribution in [3.05, 3.63) is 59.1 Å². The number of ketones is 1. The fraction of sp³-hybridized carbons (Fsp3) is 0.227. The zero-order chi connectivity index (χ0) is 23.6. The van der Waals surface area contributed by atoms with Crippen molar-refractivity contribution in [1.82, 2.24) is 15.2 Å². The second-order valence-corrected chi connectivity index (χ2v) is 9.06. The van der Waals surface area contributed by atoms with Gasteiger partial charge >= 0.3 is 0 Å². The van der Waals surface area contributed by atoms with Crippen molar-refractivity contribution in [3.63, 3.8) is 0 Å². The van der Waals surface area contributed by atoms with Crippen LogP contribution in [0.2, 0.25) is 5.02 Å². The van der Waals surface area contributed by atoms with E-state index in [4.69, 9.17) is 17.3 Å². The van der Waals surface area contributed by atoms with Crippen LogP contribution in [-0.2, 0) is 15.0 Å². The van der Waals surface area contributed by atoms with Gasteiger partial charge in [0.25, 0.3) is 0 Å². The number of aromatic nitrogens is 3. The predicted octanol–water partition coefficient (Wildman–Crippen LogP) is 3.25. The highest BCUT2D eigenvalue weighted by molar-refractivity contribution is 7.99. The molecule has 33 heavy (non-hydrogen) atoms. The van der Waals surface area contributed by atoms with E-state index < -0.39 is 17.1 Å². The van der Waals surface area contributed by atoms with Crippen LogP contribution in [-0.4, -0.2) is 44.3 Å². The molecule has 1 amide bonds. The number of hydrogen-bond donors (Lipinski definition) is 3. The molecule has 1 saturated carbocycles. The van der Waals surface area contributed by atoms with E-state index in [1.807, 2.05) is 0 Å².